The Morgan fingerprint density at radius 2 is 1.79 bits per heavy atom. The van der Waals surface area contributed by atoms with E-state index in [4.69, 9.17) is 0 Å². The average molecular weight is 386 g/mol. The number of amides is 1. The second-order valence-electron chi connectivity index (χ2n) is 7.65. The summed E-state index contributed by atoms with van der Waals surface area (Å²) in [6.07, 6.45) is -1.31. The average Bonchev–Trinajstić information content (AvgIpc) is 3.09. The molecule has 1 fully saturated rings. The standard InChI is InChI=1S/C22H21F3N2O/c1-2-20(28)26-12-11-21(14-26)13-16-5-3-4-6-19(16)27(15-21)18-9-7-17(8-10-18)22(23,24)25/h2-10H,1,11-15H2. The zero-order chi connectivity index (χ0) is 19.9. The third kappa shape index (κ3) is 3.28. The van der Waals surface area contributed by atoms with Crippen molar-refractivity contribution in [1.29, 1.82) is 0 Å². The highest BCUT2D eigenvalue weighted by atomic mass is 19.4. The van der Waals surface area contributed by atoms with Gasteiger partial charge in [0.25, 0.3) is 0 Å². The maximum absolute atomic E-state index is 12.9. The van der Waals surface area contributed by atoms with Gasteiger partial charge < -0.3 is 9.80 Å². The van der Waals surface area contributed by atoms with Crippen molar-refractivity contribution >= 4 is 17.3 Å². The van der Waals surface area contributed by atoms with Gasteiger partial charge in [0.1, 0.15) is 0 Å². The molecule has 6 heteroatoms. The van der Waals surface area contributed by atoms with E-state index in [9.17, 15) is 18.0 Å². The van der Waals surface area contributed by atoms with E-state index in [-0.39, 0.29) is 11.3 Å². The van der Waals surface area contributed by atoms with Gasteiger partial charge in [0.05, 0.1) is 5.56 Å². The van der Waals surface area contributed by atoms with Crippen molar-refractivity contribution in [2.45, 2.75) is 19.0 Å². The molecule has 0 radical (unpaired) electrons. The Balaban J connectivity index is 1.69. The number of hydrogen-bond acceptors (Lipinski definition) is 2. The maximum atomic E-state index is 12.9. The molecule has 1 atom stereocenters. The van der Waals surface area contributed by atoms with Gasteiger partial charge in [-0.1, -0.05) is 24.8 Å². The highest BCUT2D eigenvalue weighted by molar-refractivity contribution is 5.87. The van der Waals surface area contributed by atoms with E-state index in [1.54, 1.807) is 0 Å². The topological polar surface area (TPSA) is 23.6 Å². The molecule has 2 heterocycles. The van der Waals surface area contributed by atoms with Crippen molar-refractivity contribution in [3.05, 3.63) is 72.3 Å². The van der Waals surface area contributed by atoms with Crippen LogP contribution in [-0.4, -0.2) is 30.4 Å². The number of rotatable bonds is 2. The van der Waals surface area contributed by atoms with E-state index in [1.807, 2.05) is 23.1 Å². The molecular weight excluding hydrogens is 365 g/mol. The second-order valence-corrected chi connectivity index (χ2v) is 7.65. The van der Waals surface area contributed by atoms with Crippen LogP contribution in [0.4, 0.5) is 24.5 Å². The van der Waals surface area contributed by atoms with E-state index >= 15 is 0 Å². The monoisotopic (exact) mass is 386 g/mol. The lowest BCUT2D eigenvalue weighted by atomic mass is 9.76. The summed E-state index contributed by atoms with van der Waals surface area (Å²) < 4.78 is 38.8. The van der Waals surface area contributed by atoms with E-state index < -0.39 is 11.7 Å². The van der Waals surface area contributed by atoms with Gasteiger partial charge in [0, 0.05) is 36.4 Å². The van der Waals surface area contributed by atoms with Crippen molar-refractivity contribution in [2.24, 2.45) is 5.41 Å². The number of fused-ring (bicyclic) bond motifs is 1. The fourth-order valence-corrected chi connectivity index (χ4v) is 4.39. The van der Waals surface area contributed by atoms with Crippen LogP contribution in [0.25, 0.3) is 0 Å². The predicted molar refractivity (Wildman–Crippen MR) is 102 cm³/mol. The number of carbonyl (C=O) groups is 1. The van der Waals surface area contributed by atoms with Gasteiger partial charge in [-0.05, 0) is 54.8 Å². The lowest BCUT2D eigenvalue weighted by Crippen LogP contribution is -2.44. The van der Waals surface area contributed by atoms with Crippen LogP contribution >= 0.6 is 0 Å². The Morgan fingerprint density at radius 3 is 2.46 bits per heavy atom. The maximum Gasteiger partial charge on any atom is 0.416 e. The summed E-state index contributed by atoms with van der Waals surface area (Å²) >= 11 is 0. The Labute approximate surface area is 162 Å². The number of nitrogens with zero attached hydrogens (tertiary/aromatic N) is 2. The van der Waals surface area contributed by atoms with Crippen LogP contribution < -0.4 is 4.90 Å². The van der Waals surface area contributed by atoms with E-state index in [1.165, 1.54) is 18.2 Å². The van der Waals surface area contributed by atoms with Crippen LogP contribution in [0.15, 0.2) is 61.2 Å². The van der Waals surface area contributed by atoms with Gasteiger partial charge in [-0.2, -0.15) is 13.2 Å². The molecule has 2 aliphatic heterocycles. The minimum absolute atomic E-state index is 0.0724. The summed E-state index contributed by atoms with van der Waals surface area (Å²) in [5, 5.41) is 0. The van der Waals surface area contributed by atoms with Crippen LogP contribution in [0.2, 0.25) is 0 Å². The Kier molecular flexibility index (Phi) is 4.44. The summed E-state index contributed by atoms with van der Waals surface area (Å²) in [5.41, 5.74) is 2.13. The summed E-state index contributed by atoms with van der Waals surface area (Å²) in [6.45, 7) is 5.54. The molecule has 2 aromatic carbocycles. The molecule has 0 saturated carbocycles. The molecular formula is C22H21F3N2O. The van der Waals surface area contributed by atoms with Crippen molar-refractivity contribution in [2.75, 3.05) is 24.5 Å². The molecule has 0 aliphatic carbocycles. The van der Waals surface area contributed by atoms with Crippen molar-refractivity contribution in [3.8, 4) is 0 Å². The minimum atomic E-state index is -4.35. The van der Waals surface area contributed by atoms with Crippen LogP contribution in [0, 0.1) is 5.41 Å². The molecule has 4 rings (SSSR count). The van der Waals surface area contributed by atoms with Crippen LogP contribution in [0.1, 0.15) is 17.5 Å². The van der Waals surface area contributed by atoms with Gasteiger partial charge >= 0.3 is 6.18 Å². The summed E-state index contributed by atoms with van der Waals surface area (Å²) in [6, 6.07) is 13.3. The first-order chi connectivity index (χ1) is 13.3. The normalized spacial score (nSPS) is 21.7. The lowest BCUT2D eigenvalue weighted by Gasteiger charge is -2.42. The van der Waals surface area contributed by atoms with Gasteiger partial charge in [-0.15, -0.1) is 0 Å². The molecule has 3 nitrogen and oxygen atoms in total. The molecule has 146 valence electrons. The number of anilines is 2. The number of halogens is 3. The Bertz CT molecular complexity index is 907. The first kappa shape index (κ1) is 18.6. The van der Waals surface area contributed by atoms with Gasteiger partial charge in [0.15, 0.2) is 0 Å². The smallest absolute Gasteiger partial charge is 0.341 e. The van der Waals surface area contributed by atoms with Crippen molar-refractivity contribution in [3.63, 3.8) is 0 Å². The van der Waals surface area contributed by atoms with Crippen molar-refractivity contribution in [1.82, 2.24) is 4.90 Å². The molecule has 2 aliphatic rings. The summed E-state index contributed by atoms with van der Waals surface area (Å²) in [4.78, 5) is 16.0. The van der Waals surface area contributed by atoms with E-state index in [0.717, 1.165) is 41.9 Å². The Hall–Kier alpha value is -2.76. The first-order valence-corrected chi connectivity index (χ1v) is 9.25. The minimum Gasteiger partial charge on any atom is -0.341 e. The fraction of sp³-hybridized carbons (Fsp3) is 0.318. The van der Waals surface area contributed by atoms with Gasteiger partial charge in [0.2, 0.25) is 5.91 Å². The number of benzene rings is 2. The quantitative estimate of drug-likeness (QED) is 0.692. The third-order valence-electron chi connectivity index (χ3n) is 5.77. The molecule has 1 spiro atoms. The molecule has 2 aromatic rings. The zero-order valence-electron chi connectivity index (χ0n) is 15.4. The molecule has 0 bridgehead atoms. The number of hydrogen-bond donors (Lipinski definition) is 0. The van der Waals surface area contributed by atoms with E-state index in [2.05, 4.69) is 17.5 Å². The Morgan fingerprint density at radius 1 is 1.07 bits per heavy atom. The molecule has 0 aromatic heterocycles. The summed E-state index contributed by atoms with van der Waals surface area (Å²) in [7, 11) is 0. The number of carbonyl (C=O) groups excluding carboxylic acids is 1. The number of para-hydroxylation sites is 1. The molecule has 1 unspecified atom stereocenters. The first-order valence-electron chi connectivity index (χ1n) is 9.25. The van der Waals surface area contributed by atoms with Crippen LogP contribution in [0.3, 0.4) is 0 Å². The molecule has 0 N–H and O–H groups in total. The third-order valence-corrected chi connectivity index (χ3v) is 5.77. The number of alkyl halides is 3. The SMILES string of the molecule is C=CC(=O)N1CCC2(Cc3ccccc3N(c3ccc(C(F)(F)F)cc3)C2)C1. The molecule has 1 saturated heterocycles. The van der Waals surface area contributed by atoms with E-state index in [0.29, 0.717) is 19.6 Å². The van der Waals surface area contributed by atoms with Gasteiger partial charge in [-0.25, -0.2) is 0 Å². The highest BCUT2D eigenvalue weighted by Gasteiger charge is 2.44. The highest BCUT2D eigenvalue weighted by Crippen LogP contribution is 2.45. The molecule has 1 amide bonds. The molecule has 28 heavy (non-hydrogen) atoms. The number of likely N-dealkylation sites (tertiary alicyclic amines) is 1. The van der Waals surface area contributed by atoms with Crippen LogP contribution in [0.5, 0.6) is 0 Å². The second kappa shape index (κ2) is 6.69. The van der Waals surface area contributed by atoms with Crippen LogP contribution in [-0.2, 0) is 17.4 Å². The summed E-state index contributed by atoms with van der Waals surface area (Å²) in [5.74, 6) is -0.0724. The zero-order valence-corrected chi connectivity index (χ0v) is 15.4. The fourth-order valence-electron chi connectivity index (χ4n) is 4.39. The largest absolute Gasteiger partial charge is 0.416 e. The lowest BCUT2D eigenvalue weighted by molar-refractivity contribution is -0.137. The van der Waals surface area contributed by atoms with Gasteiger partial charge in [-0.3, -0.25) is 4.79 Å². The predicted octanol–water partition coefficient (Wildman–Crippen LogP) is 4.80. The van der Waals surface area contributed by atoms with Crippen molar-refractivity contribution < 1.29 is 18.0 Å².